The Labute approximate surface area is 219 Å². The highest BCUT2D eigenvalue weighted by Crippen LogP contribution is 2.20. The Balaban J connectivity index is 1.23. The lowest BCUT2D eigenvalue weighted by Crippen LogP contribution is -2.38. The van der Waals surface area contributed by atoms with Crippen LogP contribution in [0.2, 0.25) is 0 Å². The summed E-state index contributed by atoms with van der Waals surface area (Å²) in [6.07, 6.45) is 4.73. The number of benzene rings is 1. The van der Waals surface area contributed by atoms with Gasteiger partial charge in [-0.2, -0.15) is 4.98 Å². The van der Waals surface area contributed by atoms with E-state index in [0.29, 0.717) is 5.92 Å². The van der Waals surface area contributed by atoms with Crippen molar-refractivity contribution in [1.82, 2.24) is 24.8 Å². The fourth-order valence-electron chi connectivity index (χ4n) is 5.24. The van der Waals surface area contributed by atoms with E-state index >= 15 is 0 Å². The van der Waals surface area contributed by atoms with Crippen molar-refractivity contribution < 1.29 is 9.53 Å². The van der Waals surface area contributed by atoms with Gasteiger partial charge in [-0.25, -0.2) is 4.98 Å². The van der Waals surface area contributed by atoms with E-state index in [9.17, 15) is 4.79 Å². The highest BCUT2D eigenvalue weighted by Gasteiger charge is 2.25. The van der Waals surface area contributed by atoms with Crippen molar-refractivity contribution in [2.45, 2.75) is 13.3 Å². The molecule has 0 aliphatic carbocycles. The van der Waals surface area contributed by atoms with Crippen LogP contribution in [-0.2, 0) is 16.0 Å². The van der Waals surface area contributed by atoms with Gasteiger partial charge in [0.05, 0.1) is 18.7 Å². The molecular formula is C28H37N7O2. The molecule has 1 amide bonds. The maximum absolute atomic E-state index is 12.3. The molecule has 1 aromatic carbocycles. The summed E-state index contributed by atoms with van der Waals surface area (Å²) in [5.74, 6) is 2.19. The average molecular weight is 504 g/mol. The first-order valence-electron chi connectivity index (χ1n) is 13.2. The smallest absolute Gasteiger partial charge is 0.227 e. The van der Waals surface area contributed by atoms with Gasteiger partial charge < -0.3 is 19.4 Å². The normalized spacial score (nSPS) is 19.1. The van der Waals surface area contributed by atoms with E-state index in [1.165, 1.54) is 5.56 Å². The van der Waals surface area contributed by atoms with Gasteiger partial charge in [0.1, 0.15) is 5.82 Å². The van der Waals surface area contributed by atoms with E-state index < -0.39 is 0 Å². The first-order valence-corrected chi connectivity index (χ1v) is 13.2. The van der Waals surface area contributed by atoms with Crippen molar-refractivity contribution in [2.75, 3.05) is 82.4 Å². The van der Waals surface area contributed by atoms with Crippen LogP contribution in [0.25, 0.3) is 10.9 Å². The number of hydrogen-bond acceptors (Lipinski definition) is 8. The van der Waals surface area contributed by atoms with Crippen LogP contribution in [-0.4, -0.2) is 103 Å². The number of ether oxygens (including phenoxy) is 1. The third kappa shape index (κ3) is 6.53. The largest absolute Gasteiger partial charge is 0.378 e. The number of morpholine rings is 1. The number of para-hydroxylation sites is 1. The molecule has 1 unspecified atom stereocenters. The molecule has 0 N–H and O–H groups in total. The summed E-state index contributed by atoms with van der Waals surface area (Å²) in [6.45, 7) is 9.91. The molecule has 2 aliphatic heterocycles. The van der Waals surface area contributed by atoms with Crippen LogP contribution in [0.5, 0.6) is 0 Å². The van der Waals surface area contributed by atoms with Crippen LogP contribution in [0.3, 0.4) is 0 Å². The molecule has 2 aliphatic rings. The van der Waals surface area contributed by atoms with Crippen molar-refractivity contribution in [3.63, 3.8) is 0 Å². The standard InChI is InChI=1S/C28H37N7O2/c1-22(36)35-12-11-33(20-24(21-35)17-23-18-25-5-3-4-6-26(25)30-19-23)10-9-32(2)28-29-8-7-27(31-28)34-13-15-37-16-14-34/h3-8,18-19,24H,9-17,20-21H2,1-2H3. The molecule has 4 heterocycles. The van der Waals surface area contributed by atoms with Gasteiger partial charge in [0.2, 0.25) is 11.9 Å². The van der Waals surface area contributed by atoms with E-state index in [1.54, 1.807) is 6.92 Å². The lowest BCUT2D eigenvalue weighted by atomic mass is 9.98. The molecule has 196 valence electrons. The minimum Gasteiger partial charge on any atom is -0.378 e. The Morgan fingerprint density at radius 3 is 2.76 bits per heavy atom. The molecule has 0 bridgehead atoms. The maximum Gasteiger partial charge on any atom is 0.227 e. The predicted molar refractivity (Wildman–Crippen MR) is 146 cm³/mol. The van der Waals surface area contributed by atoms with Crippen LogP contribution in [0.15, 0.2) is 48.8 Å². The molecule has 2 fully saturated rings. The Kier molecular flexibility index (Phi) is 8.11. The number of likely N-dealkylation sites (N-methyl/N-ethyl adjacent to an activating group) is 1. The third-order valence-electron chi connectivity index (χ3n) is 7.35. The monoisotopic (exact) mass is 503 g/mol. The van der Waals surface area contributed by atoms with Gasteiger partial charge in [0.15, 0.2) is 0 Å². The summed E-state index contributed by atoms with van der Waals surface area (Å²) >= 11 is 0. The molecule has 1 atom stereocenters. The number of nitrogens with zero attached hydrogens (tertiary/aromatic N) is 7. The van der Waals surface area contributed by atoms with Crippen LogP contribution in [0, 0.1) is 5.92 Å². The number of amides is 1. The van der Waals surface area contributed by atoms with E-state index in [4.69, 9.17) is 9.72 Å². The van der Waals surface area contributed by atoms with Crippen LogP contribution < -0.4 is 9.80 Å². The SMILES string of the molecule is CC(=O)N1CCN(CCN(C)c2nccc(N3CCOCC3)n2)CC(Cc2cnc3ccccc3c2)C1. The number of carbonyl (C=O) groups is 1. The van der Waals surface area contributed by atoms with Gasteiger partial charge >= 0.3 is 0 Å². The zero-order chi connectivity index (χ0) is 25.6. The molecule has 9 heteroatoms. The number of carbonyl (C=O) groups excluding carboxylic acids is 1. The van der Waals surface area contributed by atoms with Gasteiger partial charge in [-0.3, -0.25) is 14.7 Å². The molecule has 5 rings (SSSR count). The zero-order valence-corrected chi connectivity index (χ0v) is 21.9. The Hall–Kier alpha value is -3.30. The minimum absolute atomic E-state index is 0.147. The van der Waals surface area contributed by atoms with Crippen molar-refractivity contribution in [3.05, 3.63) is 54.4 Å². The van der Waals surface area contributed by atoms with E-state index in [-0.39, 0.29) is 5.91 Å². The molecule has 0 radical (unpaired) electrons. The first-order chi connectivity index (χ1) is 18.0. The van der Waals surface area contributed by atoms with E-state index in [2.05, 4.69) is 49.9 Å². The van der Waals surface area contributed by atoms with Gasteiger partial charge in [0, 0.05) is 84.1 Å². The molecule has 2 aromatic heterocycles. The van der Waals surface area contributed by atoms with Gasteiger partial charge in [0.25, 0.3) is 0 Å². The third-order valence-corrected chi connectivity index (χ3v) is 7.35. The number of fused-ring (bicyclic) bond motifs is 1. The quantitative estimate of drug-likeness (QED) is 0.486. The van der Waals surface area contributed by atoms with Crippen molar-refractivity contribution in [2.24, 2.45) is 5.92 Å². The van der Waals surface area contributed by atoms with Crippen LogP contribution in [0.1, 0.15) is 12.5 Å². The highest BCUT2D eigenvalue weighted by molar-refractivity contribution is 5.78. The summed E-state index contributed by atoms with van der Waals surface area (Å²) < 4.78 is 5.47. The second-order valence-corrected chi connectivity index (χ2v) is 10.1. The summed E-state index contributed by atoms with van der Waals surface area (Å²) in [5.41, 5.74) is 2.24. The number of pyridine rings is 1. The molecule has 37 heavy (non-hydrogen) atoms. The van der Waals surface area contributed by atoms with Crippen molar-refractivity contribution in [3.8, 4) is 0 Å². The Bertz CT molecular complexity index is 1200. The predicted octanol–water partition coefficient (Wildman–Crippen LogP) is 2.32. The summed E-state index contributed by atoms with van der Waals surface area (Å²) in [4.78, 5) is 35.1. The van der Waals surface area contributed by atoms with Crippen LogP contribution >= 0.6 is 0 Å². The van der Waals surface area contributed by atoms with Gasteiger partial charge in [-0.15, -0.1) is 0 Å². The topological polar surface area (TPSA) is 77.9 Å². The zero-order valence-electron chi connectivity index (χ0n) is 21.9. The van der Waals surface area contributed by atoms with E-state index in [1.807, 2.05) is 35.5 Å². The number of hydrogen-bond donors (Lipinski definition) is 0. The minimum atomic E-state index is 0.147. The van der Waals surface area contributed by atoms with Crippen molar-refractivity contribution >= 4 is 28.6 Å². The Morgan fingerprint density at radius 2 is 1.92 bits per heavy atom. The fraction of sp³-hybridized carbons (Fsp3) is 0.500. The van der Waals surface area contributed by atoms with Crippen molar-refractivity contribution in [1.29, 1.82) is 0 Å². The second kappa shape index (κ2) is 11.8. The summed E-state index contributed by atoms with van der Waals surface area (Å²) in [5, 5.41) is 1.16. The summed E-state index contributed by atoms with van der Waals surface area (Å²) in [7, 11) is 2.05. The summed E-state index contributed by atoms with van der Waals surface area (Å²) in [6, 6.07) is 12.4. The fourth-order valence-corrected chi connectivity index (χ4v) is 5.24. The first kappa shape index (κ1) is 25.4. The molecule has 9 nitrogen and oxygen atoms in total. The molecule has 0 spiro atoms. The highest BCUT2D eigenvalue weighted by atomic mass is 16.5. The Morgan fingerprint density at radius 1 is 1.08 bits per heavy atom. The number of anilines is 2. The molecule has 2 saturated heterocycles. The maximum atomic E-state index is 12.3. The second-order valence-electron chi connectivity index (χ2n) is 10.1. The number of rotatable bonds is 7. The molecular weight excluding hydrogens is 466 g/mol. The lowest BCUT2D eigenvalue weighted by Gasteiger charge is -2.29. The van der Waals surface area contributed by atoms with E-state index in [0.717, 1.165) is 94.7 Å². The average Bonchev–Trinajstić information content (AvgIpc) is 3.14. The van der Waals surface area contributed by atoms with Gasteiger partial charge in [-0.05, 0) is 36.1 Å². The van der Waals surface area contributed by atoms with Gasteiger partial charge in [-0.1, -0.05) is 18.2 Å². The molecule has 0 saturated carbocycles. The number of aromatic nitrogens is 3. The molecule has 3 aromatic rings. The lowest BCUT2D eigenvalue weighted by molar-refractivity contribution is -0.129. The van der Waals surface area contributed by atoms with Crippen LogP contribution in [0.4, 0.5) is 11.8 Å².